The van der Waals surface area contributed by atoms with E-state index in [4.69, 9.17) is 0 Å². The van der Waals surface area contributed by atoms with E-state index in [1.54, 1.807) is 0 Å². The van der Waals surface area contributed by atoms with Gasteiger partial charge in [-0.3, -0.25) is 0 Å². The highest BCUT2D eigenvalue weighted by atomic mass is 15.1. The van der Waals surface area contributed by atoms with Gasteiger partial charge in [0.25, 0.3) is 0 Å². The molecule has 0 bridgehead atoms. The molecule has 0 fully saturated rings. The summed E-state index contributed by atoms with van der Waals surface area (Å²) in [6.45, 7) is 13.9. The Morgan fingerprint density at radius 1 is 0.379 bits per heavy atom. The Bertz CT molecular complexity index is 5440. The lowest BCUT2D eigenvalue weighted by atomic mass is 9.32. The van der Waals surface area contributed by atoms with Crippen molar-refractivity contribution in [2.45, 2.75) is 47.6 Å². The summed E-state index contributed by atoms with van der Waals surface area (Å²) in [5.74, 6) is 0.293. The molecule has 4 aromatic heterocycles. The average Bonchev–Trinajstić information content (AvgIpc) is 1.66. The fourth-order valence-corrected chi connectivity index (χ4v) is 17.4. The van der Waals surface area contributed by atoms with Crippen molar-refractivity contribution in [3.05, 3.63) is 304 Å². The second-order valence-corrected chi connectivity index (χ2v) is 25.4. The molecule has 4 heterocycles. The first-order valence-corrected chi connectivity index (χ1v) is 31.1. The van der Waals surface area contributed by atoms with E-state index in [1.165, 1.54) is 159 Å². The molecular formula is C82H63BN4. The Hall–Kier alpha value is -10.1. The minimum atomic E-state index is -0.146. The first-order valence-electron chi connectivity index (χ1n) is 31.1. The molecule has 4 nitrogen and oxygen atoms in total. The molecule has 14 aromatic rings. The molecule has 4 aliphatic rings. The Labute approximate surface area is 507 Å². The monoisotopic (exact) mass is 1110 g/mol. The van der Waals surface area contributed by atoms with Gasteiger partial charge in [-0.1, -0.05) is 220 Å². The average molecular weight is 1120 g/mol. The van der Waals surface area contributed by atoms with Crippen LogP contribution in [0.1, 0.15) is 39.4 Å². The van der Waals surface area contributed by atoms with Crippen molar-refractivity contribution in [2.24, 2.45) is 17.8 Å². The van der Waals surface area contributed by atoms with Gasteiger partial charge in [0.1, 0.15) is 0 Å². The normalized spacial score (nSPS) is 18.1. The predicted molar refractivity (Wildman–Crippen MR) is 369 cm³/mol. The second kappa shape index (κ2) is 18.7. The molecule has 5 heteroatoms. The topological polar surface area (TPSA) is 19.7 Å². The zero-order valence-electron chi connectivity index (χ0n) is 49.8. The molecule has 0 amide bonds. The summed E-state index contributed by atoms with van der Waals surface area (Å²) in [6, 6.07) is 77.4. The molecule has 4 aliphatic carbocycles. The van der Waals surface area contributed by atoms with Gasteiger partial charge in [0.2, 0.25) is 6.71 Å². The van der Waals surface area contributed by atoms with Crippen LogP contribution in [0.15, 0.2) is 271 Å². The quantitative estimate of drug-likeness (QED) is 0.112. The van der Waals surface area contributed by atoms with Gasteiger partial charge in [-0.15, -0.1) is 0 Å². The van der Waals surface area contributed by atoms with Crippen molar-refractivity contribution in [3.63, 3.8) is 0 Å². The first-order chi connectivity index (χ1) is 42.7. The van der Waals surface area contributed by atoms with E-state index in [0.717, 1.165) is 11.4 Å². The molecule has 18 rings (SSSR count). The predicted octanol–water partition coefficient (Wildman–Crippen LogP) is 19.0. The van der Waals surface area contributed by atoms with Crippen LogP contribution in [0.3, 0.4) is 0 Å². The summed E-state index contributed by atoms with van der Waals surface area (Å²) in [5.41, 5.74) is 30.0. The van der Waals surface area contributed by atoms with E-state index in [1.807, 2.05) is 0 Å². The fraction of sp³-hybridized carbons (Fsp3) is 0.122. The van der Waals surface area contributed by atoms with E-state index in [0.29, 0.717) is 0 Å². The number of fused-ring (bicyclic) bond motifs is 14. The minimum Gasteiger partial charge on any atom is -0.329 e. The number of rotatable bonds is 7. The lowest BCUT2D eigenvalue weighted by Gasteiger charge is -2.45. The number of hydrogen-bond acceptors (Lipinski definition) is 0. The highest BCUT2D eigenvalue weighted by Crippen LogP contribution is 2.57. The molecule has 10 aromatic carbocycles. The number of benzene rings is 10. The van der Waals surface area contributed by atoms with Crippen LogP contribution in [0.25, 0.3) is 104 Å². The highest BCUT2D eigenvalue weighted by molar-refractivity contribution is 6.92. The Morgan fingerprint density at radius 2 is 0.805 bits per heavy atom. The summed E-state index contributed by atoms with van der Waals surface area (Å²) >= 11 is 0. The van der Waals surface area contributed by atoms with Crippen molar-refractivity contribution in [1.29, 1.82) is 0 Å². The summed E-state index contributed by atoms with van der Waals surface area (Å²) in [4.78, 5) is 0. The van der Waals surface area contributed by atoms with Crippen LogP contribution in [0.4, 0.5) is 0 Å². The summed E-state index contributed by atoms with van der Waals surface area (Å²) in [7, 11) is 0. The third-order valence-electron chi connectivity index (χ3n) is 20.3. The first kappa shape index (κ1) is 50.2. The zero-order valence-corrected chi connectivity index (χ0v) is 49.8. The molecule has 0 spiro atoms. The van der Waals surface area contributed by atoms with Gasteiger partial charge in [0, 0.05) is 83.4 Å². The largest absolute Gasteiger partial charge is 0.329 e. The smallest absolute Gasteiger partial charge is 0.242 e. The molecule has 87 heavy (non-hydrogen) atoms. The maximum Gasteiger partial charge on any atom is 0.242 e. The van der Waals surface area contributed by atoms with E-state index in [2.05, 4.69) is 309 Å². The maximum absolute atomic E-state index is 2.72. The Kier molecular flexibility index (Phi) is 10.8. The van der Waals surface area contributed by atoms with Gasteiger partial charge < -0.3 is 18.3 Å². The fourth-order valence-electron chi connectivity index (χ4n) is 17.4. The lowest BCUT2D eigenvalue weighted by molar-refractivity contribution is 0.518. The number of aryl methyl sites for hydroxylation is 6. The molecule has 0 radical (unpaired) electrons. The Morgan fingerprint density at radius 3 is 1.32 bits per heavy atom. The number of allylic oxidation sites excluding steroid dienone is 12. The van der Waals surface area contributed by atoms with Crippen molar-refractivity contribution in [2.75, 3.05) is 0 Å². The van der Waals surface area contributed by atoms with Gasteiger partial charge in [0.15, 0.2) is 0 Å². The van der Waals surface area contributed by atoms with Crippen molar-refractivity contribution in [3.8, 4) is 11.4 Å². The maximum atomic E-state index is 2.72. The van der Waals surface area contributed by atoms with Crippen molar-refractivity contribution >= 4 is 111 Å². The summed E-state index contributed by atoms with van der Waals surface area (Å²) < 4.78 is 10.3. The second-order valence-electron chi connectivity index (χ2n) is 25.4. The van der Waals surface area contributed by atoms with Crippen LogP contribution in [-0.4, -0.2) is 25.0 Å². The molecular weight excluding hydrogens is 1050 g/mol. The summed E-state index contributed by atoms with van der Waals surface area (Å²) in [5, 5.41) is 10.2. The van der Waals surface area contributed by atoms with Gasteiger partial charge in [-0.2, -0.15) is 0 Å². The third-order valence-corrected chi connectivity index (χ3v) is 20.3. The molecule has 0 N–H and O–H groups in total. The molecule has 0 aliphatic heterocycles. The number of aromatic nitrogens is 4. The van der Waals surface area contributed by atoms with Gasteiger partial charge >= 0.3 is 0 Å². The standard InChI is InChI=1S/C82H63BN4/c1-48-41-50(3)81(51(4)42-48)83(82-52(5)43-49(2)44-53(82)6)56-45-54-33-35-63-73(86-67-31-19-15-27-61(67)79-71(86)39-37-69-77(79)59-25-13-17-29-65(59)84(69)57-21-9-7-10-22-57)47-74(64-36-34-55(46-56)75(54)76(63)64)87-68-32-20-16-28-62(68)80-72(87)40-38-70-78(80)60-26-14-18-30-66(60)85(70)58-23-11-8-12-24-58/h7-47,54,63,74-75H,1-6H3. The van der Waals surface area contributed by atoms with E-state index >= 15 is 0 Å². The van der Waals surface area contributed by atoms with Crippen LogP contribution in [0.2, 0.25) is 0 Å². The number of hydrogen-bond donors (Lipinski definition) is 0. The van der Waals surface area contributed by atoms with Crippen LogP contribution >= 0.6 is 0 Å². The van der Waals surface area contributed by atoms with Gasteiger partial charge in [0.05, 0.1) is 44.7 Å². The lowest BCUT2D eigenvalue weighted by Crippen LogP contribution is -2.50. The molecule has 0 saturated carbocycles. The van der Waals surface area contributed by atoms with Crippen molar-refractivity contribution < 1.29 is 0 Å². The highest BCUT2D eigenvalue weighted by Gasteiger charge is 2.45. The molecule has 0 saturated heterocycles. The number of para-hydroxylation sites is 6. The van der Waals surface area contributed by atoms with Crippen LogP contribution < -0.4 is 10.9 Å². The van der Waals surface area contributed by atoms with Crippen molar-refractivity contribution in [1.82, 2.24) is 18.3 Å². The van der Waals surface area contributed by atoms with E-state index < -0.39 is 0 Å². The van der Waals surface area contributed by atoms with Gasteiger partial charge in [-0.25, -0.2) is 0 Å². The van der Waals surface area contributed by atoms with Crippen LogP contribution in [0, 0.1) is 59.3 Å². The summed E-state index contributed by atoms with van der Waals surface area (Å²) in [6.07, 6.45) is 18.2. The molecule has 4 atom stereocenters. The van der Waals surface area contributed by atoms with Gasteiger partial charge in [-0.05, 0) is 137 Å². The van der Waals surface area contributed by atoms with Crippen LogP contribution in [0.5, 0.6) is 0 Å². The van der Waals surface area contributed by atoms with E-state index in [9.17, 15) is 0 Å². The SMILES string of the molecule is Cc1cc(C)c(B(C2=CC3C=CC4C(n5c6ccccc6c6c7c8ccccc8n(-c8ccccc8)c7ccc65)=CC(n5c6ccccc6c6c7c8ccccc8n(-c8ccccc8)c7ccc65)C5=C4C3C(=C2)C=C5)c2c(C)cc(C)cc2C)c(C)c1. The third kappa shape index (κ3) is 7.08. The minimum absolute atomic E-state index is 0.00350. The Balaban J connectivity index is 0.920. The molecule has 414 valence electrons. The molecule has 4 unspecified atom stereocenters. The van der Waals surface area contributed by atoms with Crippen LogP contribution in [-0.2, 0) is 0 Å². The number of nitrogens with zero attached hydrogens (tertiary/aromatic N) is 4. The zero-order chi connectivity index (χ0) is 58.1. The van der Waals surface area contributed by atoms with E-state index in [-0.39, 0.29) is 30.5 Å².